The van der Waals surface area contributed by atoms with Gasteiger partial charge < -0.3 is 4.74 Å². The average molecular weight is 344 g/mol. The van der Waals surface area contributed by atoms with Crippen LogP contribution >= 0.6 is 0 Å². The molecule has 0 amide bonds. The SMILES string of the molecule is O=c1[nH]c2nc(C3CC3)ncc2n1-c1ccc(Oc2ccccc2)cc1. The number of ether oxygens (including phenoxy) is 1. The number of nitrogens with zero attached hydrogens (tertiary/aromatic N) is 3. The van der Waals surface area contributed by atoms with Crippen LogP contribution in [-0.4, -0.2) is 19.5 Å². The number of imidazole rings is 1. The predicted molar refractivity (Wildman–Crippen MR) is 98.0 cm³/mol. The van der Waals surface area contributed by atoms with E-state index in [0.29, 0.717) is 22.8 Å². The lowest BCUT2D eigenvalue weighted by Crippen LogP contribution is -2.14. The summed E-state index contributed by atoms with van der Waals surface area (Å²) in [6.45, 7) is 0. The molecule has 6 nitrogen and oxygen atoms in total. The molecule has 128 valence electrons. The number of para-hydroxylation sites is 1. The molecular formula is C20H16N4O2. The molecule has 4 aromatic rings. The normalized spacial score (nSPS) is 13.8. The van der Waals surface area contributed by atoms with Gasteiger partial charge in [0.2, 0.25) is 0 Å². The van der Waals surface area contributed by atoms with Crippen LogP contribution in [0.25, 0.3) is 16.9 Å². The number of nitrogens with one attached hydrogen (secondary N) is 1. The van der Waals surface area contributed by atoms with Crippen LogP contribution in [-0.2, 0) is 0 Å². The summed E-state index contributed by atoms with van der Waals surface area (Å²) >= 11 is 0. The lowest BCUT2D eigenvalue weighted by atomic mass is 10.3. The van der Waals surface area contributed by atoms with E-state index < -0.39 is 0 Å². The fraction of sp³-hybridized carbons (Fsp3) is 0.150. The van der Waals surface area contributed by atoms with E-state index in [0.717, 1.165) is 30.1 Å². The summed E-state index contributed by atoms with van der Waals surface area (Å²) in [6, 6.07) is 17.0. The van der Waals surface area contributed by atoms with Crippen molar-refractivity contribution in [2.24, 2.45) is 0 Å². The molecule has 0 bridgehead atoms. The smallest absolute Gasteiger partial charge is 0.332 e. The average Bonchev–Trinajstić information content (AvgIpc) is 3.46. The minimum atomic E-state index is -0.223. The highest BCUT2D eigenvalue weighted by atomic mass is 16.5. The maximum atomic E-state index is 12.4. The Morgan fingerprint density at radius 1 is 1.00 bits per heavy atom. The van der Waals surface area contributed by atoms with Crippen LogP contribution in [0.15, 0.2) is 65.6 Å². The monoisotopic (exact) mass is 344 g/mol. The zero-order valence-corrected chi connectivity index (χ0v) is 13.9. The number of hydrogen-bond acceptors (Lipinski definition) is 4. The molecule has 0 aliphatic heterocycles. The lowest BCUT2D eigenvalue weighted by molar-refractivity contribution is 0.482. The third kappa shape index (κ3) is 2.65. The minimum absolute atomic E-state index is 0.223. The molecule has 0 atom stereocenters. The summed E-state index contributed by atoms with van der Waals surface area (Å²) in [5, 5.41) is 0. The molecule has 1 aliphatic rings. The number of hydrogen-bond donors (Lipinski definition) is 1. The molecule has 6 heteroatoms. The molecule has 0 spiro atoms. The van der Waals surface area contributed by atoms with E-state index in [2.05, 4.69) is 15.0 Å². The molecule has 2 aromatic heterocycles. The number of rotatable bonds is 4. The van der Waals surface area contributed by atoms with E-state index in [1.54, 1.807) is 10.8 Å². The maximum absolute atomic E-state index is 12.4. The molecule has 0 unspecified atom stereocenters. The number of H-pyrrole nitrogens is 1. The van der Waals surface area contributed by atoms with Crippen molar-refractivity contribution in [1.82, 2.24) is 19.5 Å². The second-order valence-corrected chi connectivity index (χ2v) is 6.41. The van der Waals surface area contributed by atoms with Crippen molar-refractivity contribution in [2.45, 2.75) is 18.8 Å². The quantitative estimate of drug-likeness (QED) is 0.611. The Kier molecular flexibility index (Phi) is 3.35. The molecule has 5 rings (SSSR count). The first-order chi connectivity index (χ1) is 12.8. The highest BCUT2D eigenvalue weighted by molar-refractivity contribution is 5.72. The van der Waals surface area contributed by atoms with E-state index in [-0.39, 0.29) is 5.69 Å². The first kappa shape index (κ1) is 14.9. The van der Waals surface area contributed by atoms with E-state index in [1.165, 1.54) is 0 Å². The number of benzene rings is 2. The fourth-order valence-electron chi connectivity index (χ4n) is 2.99. The van der Waals surface area contributed by atoms with Crippen molar-refractivity contribution in [1.29, 1.82) is 0 Å². The fourth-order valence-corrected chi connectivity index (χ4v) is 2.99. The summed E-state index contributed by atoms with van der Waals surface area (Å²) < 4.78 is 7.38. The van der Waals surface area contributed by atoms with Crippen LogP contribution in [0.4, 0.5) is 0 Å². The Morgan fingerprint density at radius 3 is 2.46 bits per heavy atom. The summed E-state index contributed by atoms with van der Waals surface area (Å²) in [5.41, 5.74) is 1.77. The molecule has 1 saturated carbocycles. The molecule has 1 fully saturated rings. The van der Waals surface area contributed by atoms with Gasteiger partial charge in [0.05, 0.1) is 11.9 Å². The van der Waals surface area contributed by atoms with Crippen molar-refractivity contribution >= 4 is 11.2 Å². The zero-order chi connectivity index (χ0) is 17.5. The highest BCUT2D eigenvalue weighted by Crippen LogP contribution is 2.38. The van der Waals surface area contributed by atoms with Gasteiger partial charge in [0.25, 0.3) is 0 Å². The largest absolute Gasteiger partial charge is 0.457 e. The Hall–Kier alpha value is -3.41. The molecule has 1 aliphatic carbocycles. The standard InChI is InChI=1S/C20H16N4O2/c25-20-23-19-17(12-21-18(22-19)13-6-7-13)24(20)14-8-10-16(11-9-14)26-15-4-2-1-3-5-15/h1-5,8-13H,6-7H2,(H,21,22,23,25). The first-order valence-corrected chi connectivity index (χ1v) is 8.59. The predicted octanol–water partition coefficient (Wildman–Crippen LogP) is 3.78. The van der Waals surface area contributed by atoms with Gasteiger partial charge in [0.1, 0.15) is 22.8 Å². The summed E-state index contributed by atoms with van der Waals surface area (Å²) in [4.78, 5) is 24.2. The van der Waals surface area contributed by atoms with Crippen molar-refractivity contribution in [2.75, 3.05) is 0 Å². The van der Waals surface area contributed by atoms with Crippen molar-refractivity contribution < 1.29 is 4.74 Å². The number of fused-ring (bicyclic) bond motifs is 1. The third-order valence-corrected chi connectivity index (χ3v) is 4.47. The van der Waals surface area contributed by atoms with E-state index >= 15 is 0 Å². The van der Waals surface area contributed by atoms with Crippen LogP contribution in [0.5, 0.6) is 11.5 Å². The van der Waals surface area contributed by atoms with Crippen molar-refractivity contribution in [3.63, 3.8) is 0 Å². The molecule has 0 radical (unpaired) electrons. The van der Waals surface area contributed by atoms with Crippen LogP contribution in [0, 0.1) is 0 Å². The number of aromatic amines is 1. The zero-order valence-electron chi connectivity index (χ0n) is 13.9. The van der Waals surface area contributed by atoms with Crippen LogP contribution in [0.1, 0.15) is 24.6 Å². The van der Waals surface area contributed by atoms with Gasteiger partial charge >= 0.3 is 5.69 Å². The molecular weight excluding hydrogens is 328 g/mol. The minimum Gasteiger partial charge on any atom is -0.457 e. The van der Waals surface area contributed by atoms with Crippen molar-refractivity contribution in [3.05, 3.63) is 77.1 Å². The van der Waals surface area contributed by atoms with E-state index in [4.69, 9.17) is 4.74 Å². The van der Waals surface area contributed by atoms with Crippen LogP contribution < -0.4 is 10.4 Å². The second kappa shape index (κ2) is 5.84. The van der Waals surface area contributed by atoms with E-state index in [1.807, 2.05) is 54.6 Å². The third-order valence-electron chi connectivity index (χ3n) is 4.47. The van der Waals surface area contributed by atoms with Crippen molar-refractivity contribution in [3.8, 4) is 17.2 Å². The highest BCUT2D eigenvalue weighted by Gasteiger charge is 2.27. The van der Waals surface area contributed by atoms with Gasteiger partial charge in [-0.3, -0.25) is 9.55 Å². The van der Waals surface area contributed by atoms with Crippen LogP contribution in [0.2, 0.25) is 0 Å². The molecule has 2 aromatic carbocycles. The van der Waals surface area contributed by atoms with Gasteiger partial charge in [-0.15, -0.1) is 0 Å². The van der Waals surface area contributed by atoms with Gasteiger partial charge in [-0.25, -0.2) is 14.8 Å². The Balaban J connectivity index is 1.49. The molecule has 26 heavy (non-hydrogen) atoms. The van der Waals surface area contributed by atoms with Gasteiger partial charge in [-0.1, -0.05) is 18.2 Å². The summed E-state index contributed by atoms with van der Waals surface area (Å²) in [5.74, 6) is 2.74. The van der Waals surface area contributed by atoms with Gasteiger partial charge in [-0.2, -0.15) is 0 Å². The molecule has 2 heterocycles. The maximum Gasteiger partial charge on any atom is 0.332 e. The molecule has 1 N–H and O–H groups in total. The molecule has 0 saturated heterocycles. The Morgan fingerprint density at radius 2 is 1.73 bits per heavy atom. The van der Waals surface area contributed by atoms with Gasteiger partial charge in [-0.05, 0) is 49.2 Å². The Bertz CT molecular complexity index is 1130. The number of aromatic nitrogens is 4. The summed E-state index contributed by atoms with van der Waals surface area (Å²) in [6.07, 6.45) is 3.97. The van der Waals surface area contributed by atoms with Gasteiger partial charge in [0.15, 0.2) is 5.65 Å². The topological polar surface area (TPSA) is 72.8 Å². The van der Waals surface area contributed by atoms with Crippen LogP contribution in [0.3, 0.4) is 0 Å². The lowest BCUT2D eigenvalue weighted by Gasteiger charge is -2.07. The Labute approximate surface area is 149 Å². The summed E-state index contributed by atoms with van der Waals surface area (Å²) in [7, 11) is 0. The van der Waals surface area contributed by atoms with E-state index in [9.17, 15) is 4.79 Å². The van der Waals surface area contributed by atoms with Gasteiger partial charge in [0, 0.05) is 5.92 Å². The first-order valence-electron chi connectivity index (χ1n) is 8.59. The second-order valence-electron chi connectivity index (χ2n) is 6.41.